The summed E-state index contributed by atoms with van der Waals surface area (Å²) in [5.41, 5.74) is 6.62. The van der Waals surface area contributed by atoms with Crippen LogP contribution in [0.25, 0.3) is 11.4 Å². The first-order valence-electron chi connectivity index (χ1n) is 7.59. The van der Waals surface area contributed by atoms with Gasteiger partial charge in [0, 0.05) is 6.54 Å². The number of ether oxygens (including phenoxy) is 2. The van der Waals surface area contributed by atoms with Gasteiger partial charge < -0.3 is 20.5 Å². The molecule has 0 saturated carbocycles. The second kappa shape index (κ2) is 7.20. The van der Waals surface area contributed by atoms with Gasteiger partial charge in [-0.15, -0.1) is 0 Å². The van der Waals surface area contributed by atoms with Gasteiger partial charge in [-0.2, -0.15) is 5.10 Å². The van der Waals surface area contributed by atoms with Gasteiger partial charge >= 0.3 is 6.09 Å². The summed E-state index contributed by atoms with van der Waals surface area (Å²) >= 11 is 0. The Morgan fingerprint density at radius 3 is 2.79 bits per heavy atom. The number of anilines is 1. The molecule has 0 radical (unpaired) electrons. The Hall–Kier alpha value is -2.77. The summed E-state index contributed by atoms with van der Waals surface area (Å²) in [6.07, 6.45) is 1.13. The highest BCUT2D eigenvalue weighted by Gasteiger charge is 2.16. The van der Waals surface area contributed by atoms with E-state index in [1.165, 1.54) is 0 Å². The molecule has 2 aromatic rings. The molecule has 0 unspecified atom stereocenters. The van der Waals surface area contributed by atoms with Crippen LogP contribution in [-0.2, 0) is 11.3 Å². The molecule has 0 saturated heterocycles. The number of amides is 1. The maximum Gasteiger partial charge on any atom is 0.407 e. The first kappa shape index (κ1) is 17.6. The van der Waals surface area contributed by atoms with Crippen molar-refractivity contribution in [1.82, 2.24) is 20.1 Å². The Kier molecular flexibility index (Phi) is 5.28. The predicted octanol–water partition coefficient (Wildman–Crippen LogP) is 2.06. The lowest BCUT2D eigenvalue weighted by Crippen LogP contribution is -2.34. The van der Waals surface area contributed by atoms with Crippen molar-refractivity contribution in [2.24, 2.45) is 0 Å². The van der Waals surface area contributed by atoms with Gasteiger partial charge in [-0.05, 0) is 32.9 Å². The minimum atomic E-state index is -0.520. The van der Waals surface area contributed by atoms with Crippen LogP contribution in [-0.4, -0.2) is 40.1 Å². The predicted molar refractivity (Wildman–Crippen MR) is 90.7 cm³/mol. The van der Waals surface area contributed by atoms with Crippen LogP contribution >= 0.6 is 0 Å². The molecule has 1 aromatic carbocycles. The van der Waals surface area contributed by atoms with Crippen LogP contribution in [0.3, 0.4) is 0 Å². The zero-order valence-electron chi connectivity index (χ0n) is 14.4. The van der Waals surface area contributed by atoms with E-state index in [0.717, 1.165) is 5.56 Å². The average molecular weight is 333 g/mol. The Bertz CT molecular complexity index is 706. The van der Waals surface area contributed by atoms with Crippen LogP contribution in [0, 0.1) is 0 Å². The van der Waals surface area contributed by atoms with Gasteiger partial charge in [0.05, 0.1) is 24.9 Å². The highest BCUT2D eigenvalue weighted by atomic mass is 16.6. The second-order valence-corrected chi connectivity index (χ2v) is 6.19. The van der Waals surface area contributed by atoms with Crippen molar-refractivity contribution < 1.29 is 14.3 Å². The van der Waals surface area contributed by atoms with Crippen LogP contribution in [0.5, 0.6) is 5.75 Å². The Morgan fingerprint density at radius 1 is 1.38 bits per heavy atom. The first-order valence-corrected chi connectivity index (χ1v) is 7.59. The zero-order chi connectivity index (χ0) is 17.7. The lowest BCUT2D eigenvalue weighted by Gasteiger charge is -2.19. The number of methoxy groups -OCH3 is 1. The molecule has 0 aliphatic carbocycles. The largest absolute Gasteiger partial charge is 0.494 e. The van der Waals surface area contributed by atoms with E-state index in [2.05, 4.69) is 15.4 Å². The van der Waals surface area contributed by atoms with E-state index in [1.807, 2.05) is 32.9 Å². The molecule has 130 valence electrons. The number of nitrogen functional groups attached to an aromatic ring is 1. The maximum atomic E-state index is 11.6. The smallest absolute Gasteiger partial charge is 0.407 e. The minimum Gasteiger partial charge on any atom is -0.494 e. The number of hydrogen-bond acceptors (Lipinski definition) is 6. The monoisotopic (exact) mass is 333 g/mol. The standard InChI is InChI=1S/C16H23N5O3/c1-16(2,3)24-15(22)18-8-9-21-10-19-14(20-21)11-6-5-7-12(17)13(11)23-4/h5-7,10H,8-9,17H2,1-4H3,(H,18,22). The fourth-order valence-electron chi connectivity index (χ4n) is 2.07. The summed E-state index contributed by atoms with van der Waals surface area (Å²) in [6.45, 7) is 6.29. The molecule has 1 aromatic heterocycles. The number of carbonyl (C=O) groups is 1. The van der Waals surface area contributed by atoms with Crippen LogP contribution in [0.2, 0.25) is 0 Å². The lowest BCUT2D eigenvalue weighted by atomic mass is 10.1. The van der Waals surface area contributed by atoms with Crippen molar-refractivity contribution in [3.8, 4) is 17.1 Å². The summed E-state index contributed by atoms with van der Waals surface area (Å²) < 4.78 is 12.1. The van der Waals surface area contributed by atoms with Gasteiger partial charge in [-0.3, -0.25) is 4.68 Å². The number of nitrogens with zero attached hydrogens (tertiary/aromatic N) is 3. The minimum absolute atomic E-state index is 0.381. The SMILES string of the molecule is COc1c(N)cccc1-c1ncn(CCNC(=O)OC(C)(C)C)n1. The van der Waals surface area contributed by atoms with Crippen LogP contribution in [0.4, 0.5) is 10.5 Å². The normalized spacial score (nSPS) is 11.2. The van der Waals surface area contributed by atoms with Crippen LogP contribution in [0.15, 0.2) is 24.5 Å². The molecule has 24 heavy (non-hydrogen) atoms. The average Bonchev–Trinajstić information content (AvgIpc) is 2.93. The third-order valence-corrected chi connectivity index (χ3v) is 3.04. The molecule has 0 bridgehead atoms. The van der Waals surface area contributed by atoms with Crippen molar-refractivity contribution in [3.63, 3.8) is 0 Å². The van der Waals surface area contributed by atoms with Crippen molar-refractivity contribution in [2.45, 2.75) is 32.9 Å². The Labute approximate surface area is 141 Å². The van der Waals surface area contributed by atoms with Gasteiger partial charge in [-0.1, -0.05) is 6.07 Å². The number of hydrogen-bond donors (Lipinski definition) is 2. The number of rotatable bonds is 5. The Morgan fingerprint density at radius 2 is 2.12 bits per heavy atom. The van der Waals surface area contributed by atoms with Crippen molar-refractivity contribution in [3.05, 3.63) is 24.5 Å². The lowest BCUT2D eigenvalue weighted by molar-refractivity contribution is 0.0525. The molecule has 0 fully saturated rings. The molecule has 0 atom stereocenters. The third kappa shape index (κ3) is 4.61. The van der Waals surface area contributed by atoms with Gasteiger partial charge in [0.2, 0.25) is 0 Å². The van der Waals surface area contributed by atoms with Gasteiger partial charge in [0.15, 0.2) is 11.6 Å². The second-order valence-electron chi connectivity index (χ2n) is 6.19. The van der Waals surface area contributed by atoms with Crippen molar-refractivity contribution in [1.29, 1.82) is 0 Å². The first-order chi connectivity index (χ1) is 11.3. The van der Waals surface area contributed by atoms with E-state index < -0.39 is 11.7 Å². The Balaban J connectivity index is 1.97. The van der Waals surface area contributed by atoms with E-state index in [9.17, 15) is 4.79 Å². The molecule has 0 spiro atoms. The maximum absolute atomic E-state index is 11.6. The van der Waals surface area contributed by atoms with E-state index in [0.29, 0.717) is 30.4 Å². The highest BCUT2D eigenvalue weighted by Crippen LogP contribution is 2.32. The third-order valence-electron chi connectivity index (χ3n) is 3.04. The summed E-state index contributed by atoms with van der Waals surface area (Å²) in [5.74, 6) is 1.05. The molecule has 1 heterocycles. The van der Waals surface area contributed by atoms with Crippen LogP contribution < -0.4 is 15.8 Å². The van der Waals surface area contributed by atoms with Gasteiger partial charge in [-0.25, -0.2) is 9.78 Å². The van der Waals surface area contributed by atoms with E-state index >= 15 is 0 Å². The van der Waals surface area contributed by atoms with E-state index in [1.54, 1.807) is 24.2 Å². The number of alkyl carbamates (subject to hydrolysis) is 1. The molecule has 0 aliphatic heterocycles. The molecule has 1 amide bonds. The molecule has 2 rings (SSSR count). The number of nitrogens with two attached hydrogens (primary N) is 1. The molecular formula is C16H23N5O3. The number of aromatic nitrogens is 3. The molecule has 3 N–H and O–H groups in total. The van der Waals surface area contributed by atoms with Gasteiger partial charge in [0.1, 0.15) is 11.9 Å². The van der Waals surface area contributed by atoms with E-state index in [4.69, 9.17) is 15.2 Å². The summed E-state index contributed by atoms with van der Waals surface area (Å²) in [4.78, 5) is 15.9. The topological polar surface area (TPSA) is 104 Å². The number of nitrogens with one attached hydrogen (secondary N) is 1. The molecule has 8 nitrogen and oxygen atoms in total. The molecule has 0 aliphatic rings. The molecule has 8 heteroatoms. The fraction of sp³-hybridized carbons (Fsp3) is 0.438. The van der Waals surface area contributed by atoms with Crippen molar-refractivity contribution in [2.75, 3.05) is 19.4 Å². The number of carbonyl (C=O) groups excluding carboxylic acids is 1. The number of benzene rings is 1. The zero-order valence-corrected chi connectivity index (χ0v) is 14.4. The van der Waals surface area contributed by atoms with Crippen molar-refractivity contribution >= 4 is 11.8 Å². The van der Waals surface area contributed by atoms with E-state index in [-0.39, 0.29) is 0 Å². The number of para-hydroxylation sites is 1. The summed E-state index contributed by atoms with van der Waals surface area (Å²) in [6, 6.07) is 5.41. The highest BCUT2D eigenvalue weighted by molar-refractivity contribution is 5.72. The summed E-state index contributed by atoms with van der Waals surface area (Å²) in [7, 11) is 1.55. The van der Waals surface area contributed by atoms with Crippen LogP contribution in [0.1, 0.15) is 20.8 Å². The summed E-state index contributed by atoms with van der Waals surface area (Å²) in [5, 5.41) is 7.05. The van der Waals surface area contributed by atoms with Gasteiger partial charge in [0.25, 0.3) is 0 Å². The molecular weight excluding hydrogens is 310 g/mol. The fourth-order valence-corrected chi connectivity index (χ4v) is 2.07. The quantitative estimate of drug-likeness (QED) is 0.812.